The summed E-state index contributed by atoms with van der Waals surface area (Å²) in [5.74, 6) is -0.142. The van der Waals surface area contributed by atoms with Crippen molar-refractivity contribution >= 4 is 49.8 Å². The molecule has 0 aliphatic heterocycles. The summed E-state index contributed by atoms with van der Waals surface area (Å²) in [6, 6.07) is 17.1. The Hall–Kier alpha value is -3.47. The Kier molecular flexibility index (Phi) is 2.65. The Balaban J connectivity index is 2.00. The number of rotatable bonds is 1. The topological polar surface area (TPSA) is 63.5 Å². The minimum atomic E-state index is -0.142. The molecule has 5 heteroatoms. The Bertz CT molecular complexity index is 1360. The largest absolute Gasteiger partial charge is 0.326 e. The Morgan fingerprint density at radius 3 is 2.56 bits per heavy atom. The number of hydrogen-bond donors (Lipinski definition) is 1. The van der Waals surface area contributed by atoms with Gasteiger partial charge in [-0.2, -0.15) is 0 Å². The van der Waals surface area contributed by atoms with Crippen LogP contribution in [0.25, 0.3) is 38.2 Å². The summed E-state index contributed by atoms with van der Waals surface area (Å²) >= 11 is 0. The molecule has 1 amide bonds. The third-order valence-electron chi connectivity index (χ3n) is 4.55. The van der Waals surface area contributed by atoms with Gasteiger partial charge in [0.2, 0.25) is 5.91 Å². The van der Waals surface area contributed by atoms with Crippen LogP contribution in [-0.4, -0.2) is 15.3 Å². The summed E-state index contributed by atoms with van der Waals surface area (Å²) < 4.78 is 1.66. The first-order valence-corrected chi connectivity index (χ1v) is 8.00. The molecule has 3 aromatic carbocycles. The Morgan fingerprint density at radius 2 is 1.80 bits per heavy atom. The second kappa shape index (κ2) is 4.77. The molecular formula is C20H13N3O2. The summed E-state index contributed by atoms with van der Waals surface area (Å²) in [6.07, 6.45) is 0. The molecule has 5 aromatic rings. The zero-order chi connectivity index (χ0) is 17.1. The van der Waals surface area contributed by atoms with Crippen LogP contribution in [0.15, 0.2) is 59.4 Å². The molecule has 0 atom stereocenters. The van der Waals surface area contributed by atoms with Crippen molar-refractivity contribution in [3.05, 3.63) is 65.0 Å². The number of amides is 1. The number of hydrogen-bond acceptors (Lipinski definition) is 3. The van der Waals surface area contributed by atoms with E-state index >= 15 is 0 Å². The first-order chi connectivity index (χ1) is 12.1. The van der Waals surface area contributed by atoms with E-state index < -0.39 is 0 Å². The van der Waals surface area contributed by atoms with Gasteiger partial charge in [-0.1, -0.05) is 30.3 Å². The van der Waals surface area contributed by atoms with Crippen LogP contribution in [0, 0.1) is 0 Å². The van der Waals surface area contributed by atoms with Crippen molar-refractivity contribution in [1.82, 2.24) is 9.38 Å². The highest BCUT2D eigenvalue weighted by molar-refractivity contribution is 6.15. The summed E-state index contributed by atoms with van der Waals surface area (Å²) in [5, 5.41) is 6.36. The van der Waals surface area contributed by atoms with E-state index in [1.165, 1.54) is 6.92 Å². The lowest BCUT2D eigenvalue weighted by Crippen LogP contribution is -2.13. The van der Waals surface area contributed by atoms with Gasteiger partial charge in [0.1, 0.15) is 5.65 Å². The molecule has 0 fully saturated rings. The van der Waals surface area contributed by atoms with Gasteiger partial charge in [0, 0.05) is 28.8 Å². The normalized spacial score (nSPS) is 11.7. The molecule has 25 heavy (non-hydrogen) atoms. The molecule has 0 saturated heterocycles. The van der Waals surface area contributed by atoms with Gasteiger partial charge in [0.05, 0.1) is 11.0 Å². The number of anilines is 1. The molecule has 5 rings (SSSR count). The lowest BCUT2D eigenvalue weighted by Gasteiger charge is -2.06. The van der Waals surface area contributed by atoms with Crippen LogP contribution in [0.3, 0.4) is 0 Å². The highest BCUT2D eigenvalue weighted by atomic mass is 16.1. The maximum atomic E-state index is 13.1. The number of carbonyl (C=O) groups excluding carboxylic acids is 1. The number of carbonyl (C=O) groups is 1. The first-order valence-electron chi connectivity index (χ1n) is 8.00. The third-order valence-corrected chi connectivity index (χ3v) is 4.55. The number of pyridine rings is 1. The van der Waals surface area contributed by atoms with Gasteiger partial charge < -0.3 is 5.32 Å². The maximum absolute atomic E-state index is 13.1. The van der Waals surface area contributed by atoms with E-state index in [0.29, 0.717) is 22.2 Å². The molecule has 0 aliphatic rings. The fourth-order valence-corrected chi connectivity index (χ4v) is 3.57. The summed E-state index contributed by atoms with van der Waals surface area (Å²) in [5.41, 5.74) is 2.65. The number of nitrogens with one attached hydrogen (secondary N) is 1. The number of fused-ring (bicyclic) bond motifs is 4. The molecule has 0 spiro atoms. The molecule has 5 nitrogen and oxygen atoms in total. The predicted octanol–water partition coefficient (Wildman–Crippen LogP) is 3.55. The first kappa shape index (κ1) is 13.9. The lowest BCUT2D eigenvalue weighted by atomic mass is 10.0. The third kappa shape index (κ3) is 1.86. The van der Waals surface area contributed by atoms with E-state index in [0.717, 1.165) is 21.7 Å². The lowest BCUT2D eigenvalue weighted by molar-refractivity contribution is -0.114. The standard InChI is InChI=1S/C20H13N3O2/c1-11(24)21-13-8-9-17-16(10-13)22-19-14-6-2-4-12-5-3-7-15(18(12)14)20(25)23(17)19/h2-10H,1H3,(H,21,24). The fraction of sp³-hybridized carbons (Fsp3) is 0.0500. The highest BCUT2D eigenvalue weighted by Crippen LogP contribution is 2.29. The number of imidazole rings is 1. The van der Waals surface area contributed by atoms with Crippen LogP contribution in [0.5, 0.6) is 0 Å². The van der Waals surface area contributed by atoms with Crippen LogP contribution >= 0.6 is 0 Å². The van der Waals surface area contributed by atoms with Crippen LogP contribution in [0.4, 0.5) is 5.69 Å². The van der Waals surface area contributed by atoms with E-state index in [4.69, 9.17) is 0 Å². The van der Waals surface area contributed by atoms with Crippen LogP contribution < -0.4 is 10.9 Å². The van der Waals surface area contributed by atoms with Gasteiger partial charge in [-0.15, -0.1) is 0 Å². The smallest absolute Gasteiger partial charge is 0.264 e. The van der Waals surface area contributed by atoms with Gasteiger partial charge >= 0.3 is 0 Å². The van der Waals surface area contributed by atoms with Crippen molar-refractivity contribution in [2.24, 2.45) is 0 Å². The van der Waals surface area contributed by atoms with Crippen molar-refractivity contribution in [2.75, 3.05) is 5.32 Å². The maximum Gasteiger partial charge on any atom is 0.264 e. The van der Waals surface area contributed by atoms with Crippen LogP contribution in [0.2, 0.25) is 0 Å². The molecule has 0 aliphatic carbocycles. The zero-order valence-electron chi connectivity index (χ0n) is 13.4. The zero-order valence-corrected chi connectivity index (χ0v) is 13.4. The van der Waals surface area contributed by atoms with Gasteiger partial charge in [0.25, 0.3) is 5.56 Å². The molecule has 0 unspecified atom stereocenters. The van der Waals surface area contributed by atoms with E-state index in [-0.39, 0.29) is 11.5 Å². The Morgan fingerprint density at radius 1 is 1.04 bits per heavy atom. The van der Waals surface area contributed by atoms with Crippen molar-refractivity contribution in [3.63, 3.8) is 0 Å². The summed E-state index contributed by atoms with van der Waals surface area (Å²) in [7, 11) is 0. The van der Waals surface area contributed by atoms with Crippen molar-refractivity contribution in [2.45, 2.75) is 6.92 Å². The van der Waals surface area contributed by atoms with Gasteiger partial charge in [-0.25, -0.2) is 4.98 Å². The molecule has 0 saturated carbocycles. The van der Waals surface area contributed by atoms with E-state index in [1.807, 2.05) is 42.5 Å². The number of benzene rings is 3. The molecule has 1 N–H and O–H groups in total. The summed E-state index contributed by atoms with van der Waals surface area (Å²) in [4.78, 5) is 29.1. The van der Waals surface area contributed by atoms with E-state index in [9.17, 15) is 9.59 Å². The number of aromatic nitrogens is 2. The van der Waals surface area contributed by atoms with Crippen molar-refractivity contribution in [1.29, 1.82) is 0 Å². The average molecular weight is 327 g/mol. The summed E-state index contributed by atoms with van der Waals surface area (Å²) in [6.45, 7) is 1.46. The van der Waals surface area contributed by atoms with Gasteiger partial charge in [-0.3, -0.25) is 14.0 Å². The monoisotopic (exact) mass is 327 g/mol. The molecular weight excluding hydrogens is 314 g/mol. The van der Waals surface area contributed by atoms with E-state index in [1.54, 1.807) is 16.5 Å². The molecule has 2 heterocycles. The van der Waals surface area contributed by atoms with Crippen LogP contribution in [0.1, 0.15) is 6.92 Å². The molecule has 120 valence electrons. The second-order valence-electron chi connectivity index (χ2n) is 6.17. The molecule has 0 bridgehead atoms. The quantitative estimate of drug-likeness (QED) is 0.512. The molecule has 0 radical (unpaired) electrons. The average Bonchev–Trinajstić information content (AvgIpc) is 2.98. The minimum Gasteiger partial charge on any atom is -0.326 e. The second-order valence-corrected chi connectivity index (χ2v) is 6.17. The Labute approximate surface area is 141 Å². The van der Waals surface area contributed by atoms with Gasteiger partial charge in [0.15, 0.2) is 0 Å². The number of nitrogens with zero attached hydrogens (tertiary/aromatic N) is 2. The van der Waals surface area contributed by atoms with Crippen molar-refractivity contribution < 1.29 is 4.79 Å². The highest BCUT2D eigenvalue weighted by Gasteiger charge is 2.15. The van der Waals surface area contributed by atoms with Gasteiger partial charge in [-0.05, 0) is 29.7 Å². The van der Waals surface area contributed by atoms with Crippen molar-refractivity contribution in [3.8, 4) is 0 Å². The van der Waals surface area contributed by atoms with E-state index in [2.05, 4.69) is 10.3 Å². The minimum absolute atomic E-state index is 0.0749. The fourth-order valence-electron chi connectivity index (χ4n) is 3.57. The predicted molar refractivity (Wildman–Crippen MR) is 99.5 cm³/mol. The van der Waals surface area contributed by atoms with Crippen LogP contribution in [-0.2, 0) is 4.79 Å². The SMILES string of the molecule is CC(=O)Nc1ccc2c(c1)nc1c3cccc4cccc(c(=O)n21)c43. The molecule has 2 aromatic heterocycles.